The van der Waals surface area contributed by atoms with Crippen LogP contribution < -0.4 is 4.90 Å². The van der Waals surface area contributed by atoms with Gasteiger partial charge in [-0.1, -0.05) is 151 Å². The summed E-state index contributed by atoms with van der Waals surface area (Å²) in [4.78, 5) is 29.1. The highest BCUT2D eigenvalue weighted by atomic mass is 15.1. The molecule has 0 atom stereocenters. The van der Waals surface area contributed by atoms with E-state index in [9.17, 15) is 0 Å². The molecule has 7 heteroatoms. The lowest BCUT2D eigenvalue weighted by Crippen LogP contribution is -2.09. The van der Waals surface area contributed by atoms with E-state index in [1.807, 2.05) is 67.3 Å². The molecule has 0 amide bonds. The van der Waals surface area contributed by atoms with Crippen LogP contribution in [0, 0.1) is 11.8 Å². The molecule has 0 saturated carbocycles. The highest BCUT2D eigenvalue weighted by Crippen LogP contribution is 2.38. The third-order valence-corrected chi connectivity index (χ3v) is 14.0. The van der Waals surface area contributed by atoms with Crippen molar-refractivity contribution < 1.29 is 0 Å². The van der Waals surface area contributed by atoms with E-state index in [-0.39, 0.29) is 0 Å². The fourth-order valence-electron chi connectivity index (χ4n) is 10.1. The Bertz CT molecular complexity index is 4230. The molecule has 0 radical (unpaired) electrons. The molecule has 8 bridgehead atoms. The van der Waals surface area contributed by atoms with Crippen LogP contribution in [0.1, 0.15) is 56.2 Å². The number of nitrogens with zero attached hydrogens (tertiary/aromatic N) is 5. The number of aromatic amines is 2. The summed E-state index contributed by atoms with van der Waals surface area (Å²) in [5.74, 6) is 7.20. The second kappa shape index (κ2) is 21.7. The maximum atomic E-state index is 5.43. The van der Waals surface area contributed by atoms with Crippen molar-refractivity contribution in [3.8, 4) is 45.2 Å². The largest absolute Gasteiger partial charge is 0.354 e. The Morgan fingerprint density at radius 2 is 0.658 bits per heavy atom. The summed E-state index contributed by atoms with van der Waals surface area (Å²) >= 11 is 0. The number of rotatable bonds is 10. The molecule has 2 N–H and O–H groups in total. The zero-order valence-electron chi connectivity index (χ0n) is 42.9. The van der Waals surface area contributed by atoms with Gasteiger partial charge in [-0.3, -0.25) is 9.97 Å². The first kappa shape index (κ1) is 47.8. The number of aromatic nitrogens is 6. The lowest BCUT2D eigenvalue weighted by Gasteiger charge is -2.25. The minimum absolute atomic E-state index is 0.760. The highest BCUT2D eigenvalue weighted by molar-refractivity contribution is 5.98. The predicted octanol–water partition coefficient (Wildman–Crippen LogP) is 17.7. The van der Waals surface area contributed by atoms with E-state index in [1.54, 1.807) is 0 Å². The first-order valence-electron chi connectivity index (χ1n) is 26.2. The summed E-state index contributed by atoms with van der Waals surface area (Å²) < 4.78 is 0. The average molecular weight is 1010 g/mol. The average Bonchev–Trinajstić information content (AvgIpc) is 4.42. The van der Waals surface area contributed by atoms with Crippen LogP contribution in [0.15, 0.2) is 237 Å². The second-order valence-corrected chi connectivity index (χ2v) is 19.1. The fraction of sp³-hybridized carbons (Fsp3) is 0. The third-order valence-electron chi connectivity index (χ3n) is 14.0. The van der Waals surface area contributed by atoms with Gasteiger partial charge in [-0.05, 0) is 160 Å². The zero-order valence-corrected chi connectivity index (χ0v) is 42.9. The van der Waals surface area contributed by atoms with E-state index in [0.717, 1.165) is 129 Å². The standard InChI is InChI=1S/C72H49N7/c1-4-10-55(11-5-1)70-64-36-34-62(75-64)61(63-35-37-65(76-63)71(56-12-6-2-7-13-56)67-39-41-69(78-67)72(57-14-8-3-9-15-57)68-40-38-66(70)77-68)33-26-52-24-31-60(32-25-52)79(58-27-20-50(21-28-58)16-18-53-42-46-73-47-43-53)59-29-22-51(23-30-59)17-19-54-44-48-74-49-45-54/h1-25,27-32,34-49,75,78H/b18-16+,19-17+,62-61?,63-61?,70-64?,70-66?,71-65?,71-67?,72-68?,72-69?. The molecule has 6 aromatic carbocycles. The van der Waals surface area contributed by atoms with E-state index in [1.165, 1.54) is 0 Å². The Morgan fingerprint density at radius 1 is 0.316 bits per heavy atom. The van der Waals surface area contributed by atoms with E-state index >= 15 is 0 Å². The van der Waals surface area contributed by atoms with Crippen LogP contribution in [0.2, 0.25) is 0 Å². The van der Waals surface area contributed by atoms with E-state index in [4.69, 9.17) is 9.97 Å². The summed E-state index contributed by atoms with van der Waals surface area (Å²) in [5, 5.41) is 0. The van der Waals surface area contributed by atoms with E-state index in [2.05, 4.69) is 255 Å². The van der Waals surface area contributed by atoms with E-state index < -0.39 is 0 Å². The van der Waals surface area contributed by atoms with Gasteiger partial charge in [0.2, 0.25) is 0 Å². The van der Waals surface area contributed by atoms with E-state index in [0.29, 0.717) is 0 Å². The molecule has 0 saturated heterocycles. The molecule has 11 aromatic rings. The van der Waals surface area contributed by atoms with Gasteiger partial charge in [-0.15, -0.1) is 0 Å². The van der Waals surface area contributed by atoms with Crippen molar-refractivity contribution in [1.29, 1.82) is 0 Å². The molecule has 5 aromatic heterocycles. The Labute approximate surface area is 458 Å². The minimum atomic E-state index is 0.760. The lowest BCUT2D eigenvalue weighted by atomic mass is 10.0. The normalized spacial score (nSPS) is 11.7. The highest BCUT2D eigenvalue weighted by Gasteiger charge is 2.19. The number of benzene rings is 6. The molecule has 2 aliphatic heterocycles. The Balaban J connectivity index is 0.940. The quantitative estimate of drug-likeness (QED) is 0.133. The van der Waals surface area contributed by atoms with Crippen molar-refractivity contribution in [1.82, 2.24) is 29.9 Å². The maximum Gasteiger partial charge on any atom is 0.0815 e. The third kappa shape index (κ3) is 10.3. The van der Waals surface area contributed by atoms with Gasteiger partial charge < -0.3 is 14.9 Å². The SMILES string of the molecule is C(#Cc1c2nc(c(-c3ccccc3)c3ccc([nH]3)c(-c3ccccc3)c3nc(c(-c4ccccc4)c4ccc1[nH]4)C=C3)C=C2)c1ccc(N(c2ccc(/C=C/c3ccncc3)cc2)c2ccc(/C=C/c3ccncc3)cc2)cc1. The van der Waals surface area contributed by atoms with Gasteiger partial charge in [0.15, 0.2) is 0 Å². The summed E-state index contributed by atoms with van der Waals surface area (Å²) in [6.07, 6.45) is 24.1. The molecule has 79 heavy (non-hydrogen) atoms. The van der Waals surface area contributed by atoms with Crippen LogP contribution in [0.3, 0.4) is 0 Å². The number of H-pyrrole nitrogens is 2. The Morgan fingerprint density at radius 3 is 1.08 bits per heavy atom. The Kier molecular flexibility index (Phi) is 13.1. The monoisotopic (exact) mass is 1010 g/mol. The molecule has 7 nitrogen and oxygen atoms in total. The van der Waals surface area contributed by atoms with Gasteiger partial charge in [0.1, 0.15) is 0 Å². The number of pyridine rings is 2. The van der Waals surface area contributed by atoms with Crippen LogP contribution in [-0.2, 0) is 0 Å². The fourth-order valence-corrected chi connectivity index (χ4v) is 10.1. The van der Waals surface area contributed by atoms with Crippen LogP contribution in [0.5, 0.6) is 0 Å². The zero-order chi connectivity index (χ0) is 52.7. The van der Waals surface area contributed by atoms with Gasteiger partial charge >= 0.3 is 0 Å². The molecule has 0 aliphatic carbocycles. The van der Waals surface area contributed by atoms with Crippen molar-refractivity contribution in [2.45, 2.75) is 0 Å². The number of hydrogen-bond acceptors (Lipinski definition) is 5. The van der Waals surface area contributed by atoms with Crippen molar-refractivity contribution >= 4 is 87.7 Å². The number of anilines is 3. The number of fused-ring (bicyclic) bond motifs is 8. The van der Waals surface area contributed by atoms with Crippen LogP contribution in [0.25, 0.3) is 104 Å². The molecule has 0 unspecified atom stereocenters. The summed E-state index contributed by atoms with van der Waals surface area (Å²) in [6.45, 7) is 0. The number of hydrogen-bond donors (Lipinski definition) is 2. The summed E-state index contributed by atoms with van der Waals surface area (Å²) in [6, 6.07) is 73.7. The van der Waals surface area contributed by atoms with Crippen molar-refractivity contribution in [3.63, 3.8) is 0 Å². The van der Waals surface area contributed by atoms with Crippen LogP contribution in [-0.4, -0.2) is 29.9 Å². The molecular formula is C72H49N7. The molecule has 372 valence electrons. The summed E-state index contributed by atoms with van der Waals surface area (Å²) in [7, 11) is 0. The molecule has 0 spiro atoms. The minimum Gasteiger partial charge on any atom is -0.354 e. The summed E-state index contributed by atoms with van der Waals surface area (Å²) in [5.41, 5.74) is 22.2. The van der Waals surface area contributed by atoms with Crippen molar-refractivity contribution in [2.24, 2.45) is 0 Å². The van der Waals surface area contributed by atoms with Gasteiger partial charge in [0, 0.05) is 80.7 Å². The van der Waals surface area contributed by atoms with Gasteiger partial charge in [0.25, 0.3) is 0 Å². The van der Waals surface area contributed by atoms with Gasteiger partial charge in [-0.2, -0.15) is 0 Å². The predicted molar refractivity (Wildman–Crippen MR) is 329 cm³/mol. The lowest BCUT2D eigenvalue weighted by molar-refractivity contribution is 1.28. The number of nitrogens with one attached hydrogen (secondary N) is 2. The maximum absolute atomic E-state index is 5.43. The van der Waals surface area contributed by atoms with Crippen molar-refractivity contribution in [2.75, 3.05) is 4.90 Å². The molecule has 0 fully saturated rings. The van der Waals surface area contributed by atoms with Crippen LogP contribution >= 0.6 is 0 Å². The van der Waals surface area contributed by atoms with Crippen molar-refractivity contribution in [3.05, 3.63) is 293 Å². The first-order chi connectivity index (χ1) is 39.1. The van der Waals surface area contributed by atoms with Crippen LogP contribution in [0.4, 0.5) is 17.1 Å². The second-order valence-electron chi connectivity index (χ2n) is 19.1. The topological polar surface area (TPSA) is 86.4 Å². The molecule has 2 aliphatic rings. The Hall–Kier alpha value is -10.9. The molecular weight excluding hydrogens is 963 g/mol. The first-order valence-corrected chi connectivity index (χ1v) is 26.2. The molecule has 13 rings (SSSR count). The smallest absolute Gasteiger partial charge is 0.0815 e. The molecule has 7 heterocycles. The van der Waals surface area contributed by atoms with Gasteiger partial charge in [-0.25, -0.2) is 9.97 Å². The van der Waals surface area contributed by atoms with Gasteiger partial charge in [0.05, 0.1) is 33.9 Å².